The Balaban J connectivity index is 2.34. The van der Waals surface area contributed by atoms with Crippen LogP contribution >= 0.6 is 11.6 Å². The maximum absolute atomic E-state index is 12.9. The number of rotatable bonds is 6. The van der Waals surface area contributed by atoms with Gasteiger partial charge < -0.3 is 14.5 Å². The Morgan fingerprint density at radius 2 is 1.93 bits per heavy atom. The van der Waals surface area contributed by atoms with Crippen LogP contribution in [0.1, 0.15) is 32.0 Å². The number of aromatic amines is 1. The molecule has 0 bridgehead atoms. The van der Waals surface area contributed by atoms with Gasteiger partial charge in [0.15, 0.2) is 0 Å². The molecule has 2 rings (SSSR count). The number of H-pyrrole nitrogens is 1. The van der Waals surface area contributed by atoms with Crippen molar-refractivity contribution >= 4 is 23.7 Å². The number of ether oxygens (including phenoxy) is 2. The predicted octanol–water partition coefficient (Wildman–Crippen LogP) is 3.58. The number of imidazole rings is 1. The molecule has 0 saturated heterocycles. The summed E-state index contributed by atoms with van der Waals surface area (Å²) >= 11 is 5.94. The average Bonchev–Trinajstić information content (AvgIpc) is 3.10. The molecule has 0 radical (unpaired) electrons. The van der Waals surface area contributed by atoms with E-state index < -0.39 is 23.7 Å². The zero-order valence-electron chi connectivity index (χ0n) is 15.9. The van der Waals surface area contributed by atoms with E-state index >= 15 is 0 Å². The number of amides is 1. The van der Waals surface area contributed by atoms with Crippen LogP contribution in [0.15, 0.2) is 36.8 Å². The molecular weight excluding hydrogens is 370 g/mol. The summed E-state index contributed by atoms with van der Waals surface area (Å²) < 4.78 is 10.5. The molecule has 7 nitrogen and oxygen atoms in total. The molecule has 2 aromatic rings. The van der Waals surface area contributed by atoms with Gasteiger partial charge in [0.05, 0.1) is 13.4 Å². The average molecular weight is 394 g/mol. The van der Waals surface area contributed by atoms with Crippen molar-refractivity contribution in [3.63, 3.8) is 0 Å². The third kappa shape index (κ3) is 6.29. The van der Waals surface area contributed by atoms with Crippen LogP contribution in [0.5, 0.6) is 0 Å². The summed E-state index contributed by atoms with van der Waals surface area (Å²) in [6, 6.07) is 6.17. The number of esters is 1. The monoisotopic (exact) mass is 393 g/mol. The molecule has 0 aliphatic carbocycles. The molecule has 27 heavy (non-hydrogen) atoms. The van der Waals surface area contributed by atoms with Gasteiger partial charge in [0.25, 0.3) is 0 Å². The third-order valence-corrected chi connectivity index (χ3v) is 3.96. The molecule has 0 aliphatic rings. The third-order valence-electron chi connectivity index (χ3n) is 3.71. The van der Waals surface area contributed by atoms with Crippen LogP contribution in [0.4, 0.5) is 4.79 Å². The molecule has 0 unspecified atom stereocenters. The van der Waals surface area contributed by atoms with Crippen molar-refractivity contribution in [2.75, 3.05) is 7.11 Å². The van der Waals surface area contributed by atoms with Crippen LogP contribution in [0, 0.1) is 0 Å². The number of carbonyl (C=O) groups is 2. The molecule has 0 aliphatic heterocycles. The summed E-state index contributed by atoms with van der Waals surface area (Å²) in [6.45, 7) is 5.48. The van der Waals surface area contributed by atoms with E-state index in [1.807, 2.05) is 0 Å². The highest BCUT2D eigenvalue weighted by molar-refractivity contribution is 6.30. The summed E-state index contributed by atoms with van der Waals surface area (Å²) in [7, 11) is 1.29. The first-order chi connectivity index (χ1) is 12.7. The van der Waals surface area contributed by atoms with Gasteiger partial charge in [-0.1, -0.05) is 23.7 Å². The van der Waals surface area contributed by atoms with Gasteiger partial charge in [0.2, 0.25) is 0 Å². The molecule has 0 fully saturated rings. The number of hydrogen-bond acceptors (Lipinski definition) is 5. The Hall–Kier alpha value is -2.54. The molecule has 1 amide bonds. The topological polar surface area (TPSA) is 84.5 Å². The standard InChI is InChI=1S/C19H24ClN3O4/c1-19(2,3)27-18(25)23(11-13-5-7-14(20)8-6-13)16(17(24)26-4)9-15-10-21-12-22-15/h5-8,10,12,16H,9,11H2,1-4H3,(H,21,22)/t16-/m0/s1. The second-order valence-corrected chi connectivity index (χ2v) is 7.49. The fraction of sp³-hybridized carbons (Fsp3) is 0.421. The van der Waals surface area contributed by atoms with E-state index in [2.05, 4.69) is 9.97 Å². The van der Waals surface area contributed by atoms with Gasteiger partial charge in [-0.3, -0.25) is 4.90 Å². The van der Waals surface area contributed by atoms with Gasteiger partial charge in [-0.15, -0.1) is 0 Å². The zero-order chi connectivity index (χ0) is 20.0. The molecule has 146 valence electrons. The lowest BCUT2D eigenvalue weighted by Gasteiger charge is -2.32. The fourth-order valence-corrected chi connectivity index (χ4v) is 2.60. The van der Waals surface area contributed by atoms with E-state index in [9.17, 15) is 9.59 Å². The molecule has 1 N–H and O–H groups in total. The largest absolute Gasteiger partial charge is 0.467 e. The minimum atomic E-state index is -0.874. The van der Waals surface area contributed by atoms with Crippen LogP contribution in [-0.2, 0) is 27.2 Å². The molecule has 8 heteroatoms. The van der Waals surface area contributed by atoms with Crippen molar-refractivity contribution in [2.24, 2.45) is 0 Å². The molecule has 1 atom stereocenters. The molecular formula is C19H24ClN3O4. The lowest BCUT2D eigenvalue weighted by molar-refractivity contribution is -0.147. The van der Waals surface area contributed by atoms with Gasteiger partial charge >= 0.3 is 12.1 Å². The lowest BCUT2D eigenvalue weighted by atomic mass is 10.1. The second kappa shape index (κ2) is 8.90. The van der Waals surface area contributed by atoms with Crippen LogP contribution in [0.3, 0.4) is 0 Å². The number of nitrogens with zero attached hydrogens (tertiary/aromatic N) is 2. The Labute approximate surface area is 163 Å². The van der Waals surface area contributed by atoms with Gasteiger partial charge in [0, 0.05) is 29.9 Å². The van der Waals surface area contributed by atoms with Crippen molar-refractivity contribution in [3.05, 3.63) is 53.1 Å². The minimum Gasteiger partial charge on any atom is -0.467 e. The SMILES string of the molecule is COC(=O)[C@H](Cc1cnc[nH]1)N(Cc1ccc(Cl)cc1)C(=O)OC(C)(C)C. The quantitative estimate of drug-likeness (QED) is 0.758. The number of hydrogen-bond donors (Lipinski definition) is 1. The Morgan fingerprint density at radius 1 is 1.26 bits per heavy atom. The van der Waals surface area contributed by atoms with E-state index in [-0.39, 0.29) is 13.0 Å². The van der Waals surface area contributed by atoms with Gasteiger partial charge in [0.1, 0.15) is 11.6 Å². The van der Waals surface area contributed by atoms with Crippen molar-refractivity contribution < 1.29 is 19.1 Å². The molecule has 0 spiro atoms. The van der Waals surface area contributed by atoms with Crippen molar-refractivity contribution in [3.8, 4) is 0 Å². The highest BCUT2D eigenvalue weighted by Crippen LogP contribution is 2.19. The number of carbonyl (C=O) groups excluding carboxylic acids is 2. The van der Waals surface area contributed by atoms with Crippen LogP contribution in [0.2, 0.25) is 5.02 Å². The fourth-order valence-electron chi connectivity index (χ4n) is 2.47. The van der Waals surface area contributed by atoms with Crippen molar-refractivity contribution in [1.82, 2.24) is 14.9 Å². The van der Waals surface area contributed by atoms with Crippen molar-refractivity contribution in [1.29, 1.82) is 0 Å². The highest BCUT2D eigenvalue weighted by atomic mass is 35.5. The number of methoxy groups -OCH3 is 1. The maximum Gasteiger partial charge on any atom is 0.411 e. The lowest BCUT2D eigenvalue weighted by Crippen LogP contribution is -2.48. The Morgan fingerprint density at radius 3 is 2.44 bits per heavy atom. The smallest absolute Gasteiger partial charge is 0.411 e. The normalized spacial score (nSPS) is 12.3. The number of nitrogens with one attached hydrogen (secondary N) is 1. The van der Waals surface area contributed by atoms with E-state index in [0.29, 0.717) is 10.7 Å². The van der Waals surface area contributed by atoms with E-state index in [0.717, 1.165) is 5.56 Å². The number of benzene rings is 1. The highest BCUT2D eigenvalue weighted by Gasteiger charge is 2.34. The molecule has 1 aromatic heterocycles. The Bertz CT molecular complexity index is 754. The summed E-state index contributed by atoms with van der Waals surface area (Å²) in [6.07, 6.45) is 2.73. The van der Waals surface area contributed by atoms with Gasteiger partial charge in [-0.25, -0.2) is 14.6 Å². The second-order valence-electron chi connectivity index (χ2n) is 7.05. The number of aromatic nitrogens is 2. The van der Waals surface area contributed by atoms with E-state index in [4.69, 9.17) is 21.1 Å². The first-order valence-corrected chi connectivity index (χ1v) is 8.86. The first-order valence-electron chi connectivity index (χ1n) is 8.49. The predicted molar refractivity (Wildman–Crippen MR) is 101 cm³/mol. The van der Waals surface area contributed by atoms with Gasteiger partial charge in [-0.05, 0) is 38.5 Å². The summed E-state index contributed by atoms with van der Waals surface area (Å²) in [5, 5.41) is 0.588. The maximum atomic E-state index is 12.9. The zero-order valence-corrected chi connectivity index (χ0v) is 16.6. The van der Waals surface area contributed by atoms with E-state index in [1.54, 1.807) is 51.2 Å². The minimum absolute atomic E-state index is 0.167. The van der Waals surface area contributed by atoms with Crippen molar-refractivity contribution in [2.45, 2.75) is 45.4 Å². The van der Waals surface area contributed by atoms with E-state index in [1.165, 1.54) is 18.3 Å². The number of halogens is 1. The summed E-state index contributed by atoms with van der Waals surface area (Å²) in [5.41, 5.74) is 0.808. The summed E-state index contributed by atoms with van der Waals surface area (Å²) in [5.74, 6) is -0.538. The van der Waals surface area contributed by atoms with Crippen LogP contribution in [0.25, 0.3) is 0 Å². The molecule has 0 saturated carbocycles. The molecule has 1 heterocycles. The Kier molecular flexibility index (Phi) is 6.85. The van der Waals surface area contributed by atoms with Crippen LogP contribution < -0.4 is 0 Å². The summed E-state index contributed by atoms with van der Waals surface area (Å²) in [4.78, 5) is 33.6. The molecule has 1 aromatic carbocycles. The first kappa shape index (κ1) is 20.8. The van der Waals surface area contributed by atoms with Crippen LogP contribution in [-0.4, -0.2) is 45.7 Å². The van der Waals surface area contributed by atoms with Gasteiger partial charge in [-0.2, -0.15) is 0 Å².